The summed E-state index contributed by atoms with van der Waals surface area (Å²) >= 11 is 0. The summed E-state index contributed by atoms with van der Waals surface area (Å²) in [6.07, 6.45) is 7.55. The average molecular weight is 450 g/mol. The van der Waals surface area contributed by atoms with Crippen molar-refractivity contribution in [2.45, 2.75) is 117 Å². The molecule has 0 bridgehead atoms. The minimum atomic E-state index is -0.715. The smallest absolute Gasteiger partial charge is 0.303 e. The lowest BCUT2D eigenvalue weighted by Crippen LogP contribution is -2.65. The van der Waals surface area contributed by atoms with Crippen molar-refractivity contribution in [2.24, 2.45) is 46.3 Å². The molecule has 4 saturated carbocycles. The number of aliphatic carboxylic acids is 1. The van der Waals surface area contributed by atoms with Gasteiger partial charge in [-0.2, -0.15) is 0 Å². The lowest BCUT2D eigenvalue weighted by molar-refractivity contribution is -0.184. The van der Waals surface area contributed by atoms with Crippen molar-refractivity contribution in [1.29, 1.82) is 0 Å². The van der Waals surface area contributed by atoms with E-state index in [0.29, 0.717) is 54.0 Å². The minimum absolute atomic E-state index is 0.132. The highest BCUT2D eigenvalue weighted by molar-refractivity contribution is 5.66. The SMILES string of the molecule is CC(C)NC1C[C@H]2CC(O)CC[C@@]2(C)[C@@H]2CC(O)[C@]3(C)[C@H](CC[C@H]3[C@@H](C)CCC(=O)O)[C@@H]12. The Morgan fingerprint density at radius 2 is 1.75 bits per heavy atom. The maximum atomic E-state index is 11.7. The van der Waals surface area contributed by atoms with Crippen LogP contribution in [0.25, 0.3) is 0 Å². The zero-order valence-electron chi connectivity index (χ0n) is 20.9. The molecular weight excluding hydrogens is 402 g/mol. The van der Waals surface area contributed by atoms with Gasteiger partial charge in [0, 0.05) is 18.5 Å². The predicted molar refractivity (Wildman–Crippen MR) is 126 cm³/mol. The Balaban J connectivity index is 1.66. The molecule has 0 spiro atoms. The summed E-state index contributed by atoms with van der Waals surface area (Å²) in [5, 5.41) is 35.3. The van der Waals surface area contributed by atoms with E-state index in [1.54, 1.807) is 0 Å². The molecule has 4 aliphatic rings. The van der Waals surface area contributed by atoms with Gasteiger partial charge in [0.15, 0.2) is 0 Å². The number of carbonyl (C=O) groups is 1. The first-order valence-electron chi connectivity index (χ1n) is 13.3. The molecule has 32 heavy (non-hydrogen) atoms. The summed E-state index contributed by atoms with van der Waals surface area (Å²) in [5.74, 6) is 2.04. The molecule has 0 aromatic rings. The highest BCUT2D eigenvalue weighted by atomic mass is 16.4. The van der Waals surface area contributed by atoms with Crippen LogP contribution in [0.15, 0.2) is 0 Å². The Labute approximate surface area is 194 Å². The molecule has 4 fully saturated rings. The van der Waals surface area contributed by atoms with E-state index in [0.717, 1.165) is 44.9 Å². The van der Waals surface area contributed by atoms with E-state index < -0.39 is 5.97 Å². The van der Waals surface area contributed by atoms with E-state index in [1.165, 1.54) is 0 Å². The van der Waals surface area contributed by atoms with Gasteiger partial charge in [0.05, 0.1) is 12.2 Å². The molecule has 0 aromatic heterocycles. The van der Waals surface area contributed by atoms with Crippen molar-refractivity contribution >= 4 is 5.97 Å². The summed E-state index contributed by atoms with van der Waals surface area (Å²) in [6, 6.07) is 0.858. The molecule has 184 valence electrons. The monoisotopic (exact) mass is 449 g/mol. The van der Waals surface area contributed by atoms with Crippen LogP contribution in [0.1, 0.15) is 92.4 Å². The number of carboxylic acid groups (broad SMARTS) is 1. The number of hydrogen-bond donors (Lipinski definition) is 4. The van der Waals surface area contributed by atoms with Gasteiger partial charge >= 0.3 is 5.97 Å². The molecule has 5 nitrogen and oxygen atoms in total. The average Bonchev–Trinajstić information content (AvgIpc) is 3.06. The quantitative estimate of drug-likeness (QED) is 0.481. The fourth-order valence-corrected chi connectivity index (χ4v) is 9.33. The number of aliphatic hydroxyl groups excluding tert-OH is 2. The van der Waals surface area contributed by atoms with Crippen LogP contribution in [-0.4, -0.2) is 45.6 Å². The van der Waals surface area contributed by atoms with Gasteiger partial charge in [0.1, 0.15) is 0 Å². The van der Waals surface area contributed by atoms with Gasteiger partial charge in [-0.25, -0.2) is 0 Å². The Morgan fingerprint density at radius 3 is 2.41 bits per heavy atom. The number of nitrogens with one attached hydrogen (secondary N) is 1. The van der Waals surface area contributed by atoms with E-state index >= 15 is 0 Å². The Hall–Kier alpha value is -0.650. The molecule has 4 aliphatic carbocycles. The number of aliphatic hydroxyl groups is 2. The van der Waals surface area contributed by atoms with Crippen LogP contribution in [0, 0.1) is 46.3 Å². The molecule has 0 aromatic carbocycles. The zero-order valence-corrected chi connectivity index (χ0v) is 20.9. The molecule has 4 N–H and O–H groups in total. The van der Waals surface area contributed by atoms with Gasteiger partial charge in [0.25, 0.3) is 0 Å². The Morgan fingerprint density at radius 1 is 1.03 bits per heavy atom. The second-order valence-corrected chi connectivity index (χ2v) is 12.8. The topological polar surface area (TPSA) is 89.8 Å². The second-order valence-electron chi connectivity index (χ2n) is 12.8. The first-order chi connectivity index (χ1) is 15.0. The summed E-state index contributed by atoms with van der Waals surface area (Å²) < 4.78 is 0. The van der Waals surface area contributed by atoms with Crippen LogP contribution in [0.4, 0.5) is 0 Å². The van der Waals surface area contributed by atoms with Gasteiger partial charge in [0.2, 0.25) is 0 Å². The highest BCUT2D eigenvalue weighted by Crippen LogP contribution is 2.68. The van der Waals surface area contributed by atoms with Crippen LogP contribution in [0.2, 0.25) is 0 Å². The van der Waals surface area contributed by atoms with E-state index in [1.807, 2.05) is 0 Å². The normalized spacial score (nSPS) is 49.2. The van der Waals surface area contributed by atoms with Crippen molar-refractivity contribution in [2.75, 3.05) is 0 Å². The maximum Gasteiger partial charge on any atom is 0.303 e. The minimum Gasteiger partial charge on any atom is -0.481 e. The fraction of sp³-hybridized carbons (Fsp3) is 0.963. The number of carboxylic acids is 1. The largest absolute Gasteiger partial charge is 0.481 e. The predicted octanol–water partition coefficient (Wildman–Crippen LogP) is 4.45. The summed E-state index contributed by atoms with van der Waals surface area (Å²) in [5.41, 5.74) is 0.0712. The Kier molecular flexibility index (Phi) is 6.77. The van der Waals surface area contributed by atoms with Crippen molar-refractivity contribution in [3.8, 4) is 0 Å². The first kappa shape index (κ1) is 24.5. The maximum absolute atomic E-state index is 11.7. The lowest BCUT2D eigenvalue weighted by Gasteiger charge is -2.64. The van der Waals surface area contributed by atoms with Crippen LogP contribution < -0.4 is 5.32 Å². The fourth-order valence-electron chi connectivity index (χ4n) is 9.33. The number of hydrogen-bond acceptors (Lipinski definition) is 4. The van der Waals surface area contributed by atoms with Crippen LogP contribution >= 0.6 is 0 Å². The molecule has 11 atom stereocenters. The van der Waals surface area contributed by atoms with E-state index in [4.69, 9.17) is 0 Å². The number of rotatable bonds is 6. The molecule has 0 heterocycles. The third-order valence-electron chi connectivity index (χ3n) is 10.9. The molecule has 5 heteroatoms. The summed E-state index contributed by atoms with van der Waals surface area (Å²) in [4.78, 5) is 11.2. The van der Waals surface area contributed by atoms with Gasteiger partial charge in [-0.05, 0) is 97.7 Å². The van der Waals surface area contributed by atoms with Crippen LogP contribution in [-0.2, 0) is 4.79 Å². The van der Waals surface area contributed by atoms with E-state index in [9.17, 15) is 20.1 Å². The first-order valence-corrected chi connectivity index (χ1v) is 13.3. The standard InChI is InChI=1S/C27H47NO4/c1-15(2)28-22-13-17-12-18(29)10-11-26(17,4)21-14-23(30)27(5)19(7-8-20(27)25(21)22)16(3)6-9-24(31)32/h15-23,25,28-30H,6-14H2,1-5H3,(H,31,32)/t16-,17+,18?,19-,20+,21+,22?,23?,25+,26+,27-/m0/s1. The van der Waals surface area contributed by atoms with Crippen molar-refractivity contribution in [3.63, 3.8) is 0 Å². The third kappa shape index (κ3) is 3.94. The molecule has 4 rings (SSSR count). The highest BCUT2D eigenvalue weighted by Gasteiger charge is 2.65. The molecule has 3 unspecified atom stereocenters. The van der Waals surface area contributed by atoms with Crippen molar-refractivity contribution in [3.05, 3.63) is 0 Å². The summed E-state index contributed by atoms with van der Waals surface area (Å²) in [7, 11) is 0. The zero-order chi connectivity index (χ0) is 23.4. The van der Waals surface area contributed by atoms with Gasteiger partial charge in [-0.1, -0.05) is 34.6 Å². The second kappa shape index (κ2) is 8.85. The van der Waals surface area contributed by atoms with Crippen LogP contribution in [0.3, 0.4) is 0 Å². The molecule has 0 aliphatic heterocycles. The number of fused-ring (bicyclic) bond motifs is 5. The molecular formula is C27H47NO4. The van der Waals surface area contributed by atoms with Gasteiger partial charge < -0.3 is 20.6 Å². The van der Waals surface area contributed by atoms with Crippen LogP contribution in [0.5, 0.6) is 0 Å². The lowest BCUT2D eigenvalue weighted by atomic mass is 9.42. The van der Waals surface area contributed by atoms with Crippen molar-refractivity contribution < 1.29 is 20.1 Å². The van der Waals surface area contributed by atoms with E-state index in [2.05, 4.69) is 39.9 Å². The van der Waals surface area contributed by atoms with Gasteiger partial charge in [-0.15, -0.1) is 0 Å². The molecule has 0 amide bonds. The van der Waals surface area contributed by atoms with Gasteiger partial charge in [-0.3, -0.25) is 4.79 Å². The third-order valence-corrected chi connectivity index (χ3v) is 10.9. The molecule has 0 saturated heterocycles. The van der Waals surface area contributed by atoms with E-state index in [-0.39, 0.29) is 29.5 Å². The molecule has 0 radical (unpaired) electrons. The van der Waals surface area contributed by atoms with Crippen molar-refractivity contribution in [1.82, 2.24) is 5.32 Å². The summed E-state index contributed by atoms with van der Waals surface area (Å²) in [6.45, 7) is 11.5. The Bertz CT molecular complexity index is 697.